The van der Waals surface area contributed by atoms with Crippen LogP contribution in [0.3, 0.4) is 0 Å². The predicted octanol–water partition coefficient (Wildman–Crippen LogP) is 12.0. The van der Waals surface area contributed by atoms with Gasteiger partial charge in [-0.15, -0.1) is 0 Å². The molecule has 0 saturated carbocycles. The summed E-state index contributed by atoms with van der Waals surface area (Å²) >= 11 is 0. The normalized spacial score (nSPS) is 11.2. The quantitative estimate of drug-likeness (QED) is 0.0306. The van der Waals surface area contributed by atoms with E-state index in [1.165, 1.54) is 38.5 Å². The molecule has 0 heterocycles. The molecule has 0 radical (unpaired) electrons. The van der Waals surface area contributed by atoms with Gasteiger partial charge in [-0.1, -0.05) is 71.3 Å². The molecule has 0 fully saturated rings. The molecule has 59 heavy (non-hydrogen) atoms. The van der Waals surface area contributed by atoms with Crippen LogP contribution in [0.1, 0.15) is 115 Å². The predicted molar refractivity (Wildman–Crippen MR) is 233 cm³/mol. The second-order valence-electron chi connectivity index (χ2n) is 14.2. The van der Waals surface area contributed by atoms with Gasteiger partial charge in [0.05, 0.1) is 35.7 Å². The van der Waals surface area contributed by atoms with Gasteiger partial charge in [0.1, 0.15) is 34.5 Å². The number of nitrogens with zero attached hydrogens (tertiary/aromatic N) is 2. The minimum Gasteiger partial charge on any atom is -0.507 e. The third-order valence-electron chi connectivity index (χ3n) is 9.59. The van der Waals surface area contributed by atoms with Gasteiger partial charge in [-0.05, 0) is 105 Å². The smallest absolute Gasteiger partial charge is 0.343 e. The van der Waals surface area contributed by atoms with Crippen molar-refractivity contribution in [3.8, 4) is 34.5 Å². The van der Waals surface area contributed by atoms with Crippen LogP contribution >= 0.6 is 0 Å². The van der Waals surface area contributed by atoms with E-state index < -0.39 is 11.9 Å². The van der Waals surface area contributed by atoms with Crippen LogP contribution in [0.5, 0.6) is 34.5 Å². The Bertz CT molecular complexity index is 2030. The Morgan fingerprint density at radius 2 is 0.949 bits per heavy atom. The Labute approximate surface area is 347 Å². The fraction of sp³-hybridized carbons (Fsp3) is 0.306. The lowest BCUT2D eigenvalue weighted by Crippen LogP contribution is -2.11. The van der Waals surface area contributed by atoms with Gasteiger partial charge < -0.3 is 29.2 Å². The Hall–Kier alpha value is -6.42. The topological polar surface area (TPSA) is 136 Å². The molecule has 5 aromatic rings. The van der Waals surface area contributed by atoms with Gasteiger partial charge in [0.2, 0.25) is 0 Å². The molecule has 0 unspecified atom stereocenters. The van der Waals surface area contributed by atoms with Crippen molar-refractivity contribution in [3.63, 3.8) is 0 Å². The maximum Gasteiger partial charge on any atom is 0.343 e. The Balaban J connectivity index is 1.10. The van der Waals surface area contributed by atoms with Crippen molar-refractivity contribution >= 4 is 35.7 Å². The van der Waals surface area contributed by atoms with Crippen molar-refractivity contribution in [3.05, 3.63) is 131 Å². The highest BCUT2D eigenvalue weighted by Gasteiger charge is 2.16. The molecule has 0 atom stereocenters. The zero-order valence-electron chi connectivity index (χ0n) is 34.2. The van der Waals surface area contributed by atoms with E-state index in [0.717, 1.165) is 25.7 Å². The number of rotatable bonds is 22. The van der Waals surface area contributed by atoms with Crippen LogP contribution in [0, 0.1) is 6.92 Å². The summed E-state index contributed by atoms with van der Waals surface area (Å²) < 4.78 is 22.9. The summed E-state index contributed by atoms with van der Waals surface area (Å²) in [4.78, 5) is 35.0. The van der Waals surface area contributed by atoms with Crippen molar-refractivity contribution in [2.24, 2.45) is 9.98 Å². The molecule has 0 bridgehead atoms. The molecule has 0 spiro atoms. The van der Waals surface area contributed by atoms with Gasteiger partial charge in [0.25, 0.3) is 0 Å². The van der Waals surface area contributed by atoms with E-state index in [1.807, 2.05) is 0 Å². The molecule has 10 nitrogen and oxygen atoms in total. The largest absolute Gasteiger partial charge is 0.507 e. The van der Waals surface area contributed by atoms with Crippen molar-refractivity contribution in [1.29, 1.82) is 0 Å². The number of esters is 2. The first-order chi connectivity index (χ1) is 28.7. The number of carbonyl (C=O) groups is 2. The molecule has 0 aliphatic heterocycles. The first-order valence-electron chi connectivity index (χ1n) is 20.5. The van der Waals surface area contributed by atoms with Crippen LogP contribution in [0.4, 0.5) is 11.4 Å². The highest BCUT2D eigenvalue weighted by atomic mass is 16.5. The number of hydrogen-bond donors (Lipinski definition) is 2. The van der Waals surface area contributed by atoms with Gasteiger partial charge in [-0.3, -0.25) is 9.98 Å². The monoisotopic (exact) mass is 798 g/mol. The number of unbranched alkanes of at least 4 members (excludes halogenated alkanes) is 8. The van der Waals surface area contributed by atoms with Gasteiger partial charge in [-0.2, -0.15) is 0 Å². The van der Waals surface area contributed by atoms with E-state index >= 15 is 0 Å². The maximum absolute atomic E-state index is 13.1. The van der Waals surface area contributed by atoms with Gasteiger partial charge in [-0.25, -0.2) is 9.59 Å². The number of phenolic OH excluding ortho intramolecular Hbond substituents is 2. The van der Waals surface area contributed by atoms with Gasteiger partial charge in [0.15, 0.2) is 0 Å². The lowest BCUT2D eigenvalue weighted by atomic mass is 10.1. The molecule has 5 rings (SSSR count). The van der Waals surface area contributed by atoms with E-state index in [1.54, 1.807) is 122 Å². The van der Waals surface area contributed by atoms with Gasteiger partial charge in [0, 0.05) is 41.3 Å². The van der Waals surface area contributed by atoms with E-state index in [2.05, 4.69) is 23.8 Å². The summed E-state index contributed by atoms with van der Waals surface area (Å²) in [5, 5.41) is 21.0. The van der Waals surface area contributed by atoms with Crippen molar-refractivity contribution < 1.29 is 38.7 Å². The highest BCUT2D eigenvalue weighted by molar-refractivity contribution is 5.93. The second-order valence-corrected chi connectivity index (χ2v) is 14.2. The van der Waals surface area contributed by atoms with Crippen LogP contribution < -0.4 is 18.9 Å². The van der Waals surface area contributed by atoms with Crippen LogP contribution in [-0.2, 0) is 0 Å². The van der Waals surface area contributed by atoms with E-state index in [0.29, 0.717) is 63.9 Å². The highest BCUT2D eigenvalue weighted by Crippen LogP contribution is 2.30. The van der Waals surface area contributed by atoms with E-state index in [4.69, 9.17) is 18.9 Å². The number of benzene rings is 5. The Morgan fingerprint density at radius 3 is 1.34 bits per heavy atom. The molecule has 0 aromatic heterocycles. The van der Waals surface area contributed by atoms with Crippen LogP contribution in [0.25, 0.3) is 0 Å². The molecule has 5 aromatic carbocycles. The van der Waals surface area contributed by atoms with E-state index in [-0.39, 0.29) is 23.0 Å². The SMILES string of the molecule is CCCCCCCOc1ccc(C=Nc2ccc(C(=O)Oc3cccc(OC(=O)c4ccc(N=Cc5ccc(OCCCCCCC)cc5O)cc4)c3C)cc2)c(O)c1. The lowest BCUT2D eigenvalue weighted by molar-refractivity contribution is 0.0730. The van der Waals surface area contributed by atoms with E-state index in [9.17, 15) is 19.8 Å². The molecule has 0 aliphatic rings. The number of aliphatic imine (C=N–C) groups is 2. The standard InChI is InChI=1S/C49H54N2O8/c1-4-6-8-10-12-29-56-42-27-21-38(44(52)31-42)33-50-40-23-17-36(18-24-40)48(54)58-46-15-14-16-47(35(46)3)59-49(55)37-19-25-41(26-20-37)51-34-39-22-28-43(32-45(39)53)57-30-13-11-9-7-5-2/h14-28,31-34,52-53H,4-13,29-30H2,1-3H3. The average molecular weight is 799 g/mol. The van der Waals surface area contributed by atoms with Crippen LogP contribution in [0.15, 0.2) is 113 Å². The molecule has 0 saturated heterocycles. The molecule has 2 N–H and O–H groups in total. The summed E-state index contributed by atoms with van der Waals surface area (Å²) in [6, 6.07) is 28.3. The van der Waals surface area contributed by atoms with Crippen molar-refractivity contribution in [1.82, 2.24) is 0 Å². The van der Waals surface area contributed by atoms with Crippen molar-refractivity contribution in [2.45, 2.75) is 85.0 Å². The third kappa shape index (κ3) is 13.9. The number of phenols is 2. The molecule has 308 valence electrons. The average Bonchev–Trinajstić information content (AvgIpc) is 3.24. The molecule has 0 amide bonds. The van der Waals surface area contributed by atoms with Crippen LogP contribution in [-0.4, -0.2) is 47.8 Å². The number of ether oxygens (including phenoxy) is 4. The minimum atomic E-state index is -0.590. The summed E-state index contributed by atoms with van der Waals surface area (Å²) in [6.07, 6.45) is 14.6. The Morgan fingerprint density at radius 1 is 0.542 bits per heavy atom. The fourth-order valence-corrected chi connectivity index (χ4v) is 6.02. The summed E-state index contributed by atoms with van der Waals surface area (Å²) in [7, 11) is 0. The summed E-state index contributed by atoms with van der Waals surface area (Å²) in [6.45, 7) is 7.29. The lowest BCUT2D eigenvalue weighted by Gasteiger charge is -2.12. The third-order valence-corrected chi connectivity index (χ3v) is 9.59. The Kier molecular flexibility index (Phi) is 17.1. The second kappa shape index (κ2) is 23.1. The zero-order chi connectivity index (χ0) is 41.8. The number of aromatic hydroxyl groups is 2. The zero-order valence-corrected chi connectivity index (χ0v) is 34.2. The first-order valence-corrected chi connectivity index (χ1v) is 20.5. The molecular weight excluding hydrogens is 745 g/mol. The summed E-state index contributed by atoms with van der Waals surface area (Å²) in [5.74, 6) is 0.664. The number of carbonyl (C=O) groups excluding carboxylic acids is 2. The minimum absolute atomic E-state index is 0.0639. The molecular formula is C49H54N2O8. The van der Waals surface area contributed by atoms with Crippen LogP contribution in [0.2, 0.25) is 0 Å². The first kappa shape index (κ1) is 43.7. The van der Waals surface area contributed by atoms with Crippen molar-refractivity contribution in [2.75, 3.05) is 13.2 Å². The molecule has 10 heteroatoms. The summed E-state index contributed by atoms with van der Waals surface area (Å²) in [5.41, 5.74) is 3.32. The van der Waals surface area contributed by atoms with Gasteiger partial charge >= 0.3 is 11.9 Å². The maximum atomic E-state index is 13.1. The fourth-order valence-electron chi connectivity index (χ4n) is 6.02. The molecule has 0 aliphatic carbocycles. The number of hydrogen-bond acceptors (Lipinski definition) is 10.